The van der Waals surface area contributed by atoms with Crippen LogP contribution in [0.3, 0.4) is 0 Å². The number of hydrazone groups is 1. The molecule has 0 atom stereocenters. The Morgan fingerprint density at radius 3 is 2.55 bits per heavy atom. The Morgan fingerprint density at radius 2 is 1.82 bits per heavy atom. The number of nitrogens with zero attached hydrogens (tertiary/aromatic N) is 2. The predicted octanol–water partition coefficient (Wildman–Crippen LogP) is 5.22. The normalized spacial score (nSPS) is 11.0. The summed E-state index contributed by atoms with van der Waals surface area (Å²) >= 11 is 7.37. The highest BCUT2D eigenvalue weighted by Crippen LogP contribution is 2.25. The summed E-state index contributed by atoms with van der Waals surface area (Å²) in [5.41, 5.74) is 7.23. The van der Waals surface area contributed by atoms with Crippen molar-refractivity contribution in [2.24, 2.45) is 5.10 Å². The van der Waals surface area contributed by atoms with Crippen molar-refractivity contribution >= 4 is 34.3 Å². The van der Waals surface area contributed by atoms with E-state index in [1.54, 1.807) is 6.21 Å². The third-order valence-corrected chi connectivity index (χ3v) is 4.09. The van der Waals surface area contributed by atoms with Crippen LogP contribution in [0.2, 0.25) is 5.02 Å². The minimum Gasteiger partial charge on any atom is -0.253 e. The van der Waals surface area contributed by atoms with E-state index in [2.05, 4.69) is 46.7 Å². The summed E-state index contributed by atoms with van der Waals surface area (Å²) in [4.78, 5) is 4.53. The molecule has 0 saturated carbocycles. The average Bonchev–Trinajstić information content (AvgIpc) is 2.99. The van der Waals surface area contributed by atoms with Gasteiger partial charge in [-0.1, -0.05) is 53.6 Å². The molecule has 0 radical (unpaired) electrons. The van der Waals surface area contributed by atoms with Crippen molar-refractivity contribution in [3.05, 3.63) is 70.1 Å². The fourth-order valence-corrected chi connectivity index (χ4v) is 2.69. The van der Waals surface area contributed by atoms with Crippen LogP contribution in [0.5, 0.6) is 0 Å². The van der Waals surface area contributed by atoms with Crippen molar-refractivity contribution in [2.45, 2.75) is 6.92 Å². The lowest BCUT2D eigenvalue weighted by Crippen LogP contribution is -1.90. The highest BCUT2D eigenvalue weighted by atomic mass is 35.5. The number of halogens is 1. The van der Waals surface area contributed by atoms with Crippen LogP contribution in [-0.2, 0) is 0 Å². The van der Waals surface area contributed by atoms with Crippen molar-refractivity contribution < 1.29 is 0 Å². The van der Waals surface area contributed by atoms with E-state index in [1.165, 1.54) is 16.9 Å². The molecule has 0 amide bonds. The van der Waals surface area contributed by atoms with Crippen LogP contribution in [0.15, 0.2) is 59.0 Å². The number of aryl methyl sites for hydroxylation is 1. The molecule has 0 aliphatic carbocycles. The Kier molecular flexibility index (Phi) is 4.51. The van der Waals surface area contributed by atoms with E-state index in [9.17, 15) is 0 Å². The number of hydrogen-bond acceptors (Lipinski definition) is 4. The van der Waals surface area contributed by atoms with Crippen LogP contribution < -0.4 is 5.43 Å². The Balaban J connectivity index is 1.66. The lowest BCUT2D eigenvalue weighted by molar-refractivity contribution is 1.29. The smallest absolute Gasteiger partial charge is 0.203 e. The minimum atomic E-state index is 0.716. The minimum absolute atomic E-state index is 0.716. The molecule has 0 aliphatic rings. The molecule has 0 bridgehead atoms. The lowest BCUT2D eigenvalue weighted by Gasteiger charge is -1.97. The monoisotopic (exact) mass is 327 g/mol. The summed E-state index contributed by atoms with van der Waals surface area (Å²) in [6.45, 7) is 2.07. The second-order valence-electron chi connectivity index (χ2n) is 4.83. The second-order valence-corrected chi connectivity index (χ2v) is 6.12. The van der Waals surface area contributed by atoms with E-state index in [-0.39, 0.29) is 0 Å². The van der Waals surface area contributed by atoms with Crippen molar-refractivity contribution in [2.75, 3.05) is 5.43 Å². The molecular formula is C17H14ClN3S. The van der Waals surface area contributed by atoms with Gasteiger partial charge in [0, 0.05) is 16.0 Å². The number of hydrogen-bond donors (Lipinski definition) is 1. The number of nitrogens with one attached hydrogen (secondary N) is 1. The molecule has 3 nitrogen and oxygen atoms in total. The van der Waals surface area contributed by atoms with Gasteiger partial charge in [-0.05, 0) is 24.6 Å². The number of rotatable bonds is 4. The summed E-state index contributed by atoms with van der Waals surface area (Å²) < 4.78 is 0. The summed E-state index contributed by atoms with van der Waals surface area (Å²) in [5, 5.41) is 7.69. The quantitative estimate of drug-likeness (QED) is 0.527. The van der Waals surface area contributed by atoms with Gasteiger partial charge in [0.25, 0.3) is 0 Å². The highest BCUT2D eigenvalue weighted by molar-refractivity contribution is 7.14. The van der Waals surface area contributed by atoms with E-state index in [4.69, 9.17) is 11.6 Å². The van der Waals surface area contributed by atoms with Gasteiger partial charge >= 0.3 is 0 Å². The van der Waals surface area contributed by atoms with Gasteiger partial charge in [-0.2, -0.15) is 5.10 Å². The molecule has 5 heteroatoms. The number of anilines is 1. The zero-order valence-electron chi connectivity index (χ0n) is 12.0. The molecule has 0 aliphatic heterocycles. The Morgan fingerprint density at radius 1 is 1.09 bits per heavy atom. The SMILES string of the molecule is Cc1ccc(-c2csc(N/N=C\c3ccc(Cl)cc3)n2)cc1. The maximum absolute atomic E-state index is 5.84. The Bertz CT molecular complexity index is 776. The van der Waals surface area contributed by atoms with Crippen molar-refractivity contribution in [3.8, 4) is 11.3 Å². The maximum atomic E-state index is 5.84. The van der Waals surface area contributed by atoms with Crippen molar-refractivity contribution in [1.82, 2.24) is 4.98 Å². The summed E-state index contributed by atoms with van der Waals surface area (Å²) in [5.74, 6) is 0. The van der Waals surface area contributed by atoms with E-state index >= 15 is 0 Å². The lowest BCUT2D eigenvalue weighted by atomic mass is 10.1. The van der Waals surface area contributed by atoms with Crippen LogP contribution in [0.25, 0.3) is 11.3 Å². The molecular weight excluding hydrogens is 314 g/mol. The highest BCUT2D eigenvalue weighted by Gasteiger charge is 2.03. The molecule has 3 aromatic rings. The number of aromatic nitrogens is 1. The fourth-order valence-electron chi connectivity index (χ4n) is 1.89. The number of thiazole rings is 1. The topological polar surface area (TPSA) is 37.3 Å². The first-order valence-corrected chi connectivity index (χ1v) is 8.04. The van der Waals surface area contributed by atoms with Crippen LogP contribution in [0.4, 0.5) is 5.13 Å². The van der Waals surface area contributed by atoms with Gasteiger partial charge in [0.2, 0.25) is 5.13 Å². The second kappa shape index (κ2) is 6.73. The number of benzene rings is 2. The summed E-state index contributed by atoms with van der Waals surface area (Å²) in [6.07, 6.45) is 1.74. The fraction of sp³-hybridized carbons (Fsp3) is 0.0588. The van der Waals surface area contributed by atoms with Crippen molar-refractivity contribution in [3.63, 3.8) is 0 Å². The van der Waals surface area contributed by atoms with Gasteiger partial charge in [-0.25, -0.2) is 4.98 Å². The predicted molar refractivity (Wildman–Crippen MR) is 95.0 cm³/mol. The largest absolute Gasteiger partial charge is 0.253 e. The van der Waals surface area contributed by atoms with Gasteiger partial charge < -0.3 is 0 Å². The third kappa shape index (κ3) is 3.72. The summed E-state index contributed by atoms with van der Waals surface area (Å²) in [6, 6.07) is 15.8. The molecule has 0 saturated heterocycles. The van der Waals surface area contributed by atoms with Gasteiger partial charge in [-0.3, -0.25) is 5.43 Å². The van der Waals surface area contributed by atoms with E-state index in [0.717, 1.165) is 22.0 Å². The molecule has 0 unspecified atom stereocenters. The van der Waals surface area contributed by atoms with Crippen LogP contribution >= 0.6 is 22.9 Å². The van der Waals surface area contributed by atoms with E-state index < -0.39 is 0 Å². The van der Waals surface area contributed by atoms with Gasteiger partial charge in [0.1, 0.15) is 0 Å². The molecule has 1 heterocycles. The molecule has 2 aromatic carbocycles. The summed E-state index contributed by atoms with van der Waals surface area (Å²) in [7, 11) is 0. The van der Waals surface area contributed by atoms with Crippen LogP contribution in [0, 0.1) is 6.92 Å². The zero-order chi connectivity index (χ0) is 15.4. The van der Waals surface area contributed by atoms with E-state index in [1.807, 2.05) is 29.6 Å². The van der Waals surface area contributed by atoms with Gasteiger partial charge in [0.05, 0.1) is 11.9 Å². The Labute approximate surface area is 138 Å². The van der Waals surface area contributed by atoms with Gasteiger partial charge in [-0.15, -0.1) is 11.3 Å². The Hall–Kier alpha value is -2.17. The molecule has 1 N–H and O–H groups in total. The molecule has 1 aromatic heterocycles. The molecule has 22 heavy (non-hydrogen) atoms. The van der Waals surface area contributed by atoms with Gasteiger partial charge in [0.15, 0.2) is 0 Å². The van der Waals surface area contributed by atoms with Crippen LogP contribution in [0.1, 0.15) is 11.1 Å². The standard InChI is InChI=1S/C17H14ClN3S/c1-12-2-6-14(7-3-12)16-11-22-17(20-16)21-19-10-13-4-8-15(18)9-5-13/h2-11H,1H3,(H,20,21)/b19-10-. The van der Waals surface area contributed by atoms with Crippen LogP contribution in [-0.4, -0.2) is 11.2 Å². The average molecular weight is 328 g/mol. The molecule has 0 fully saturated rings. The first-order valence-electron chi connectivity index (χ1n) is 6.78. The van der Waals surface area contributed by atoms with E-state index in [0.29, 0.717) is 5.02 Å². The first kappa shape index (κ1) is 14.8. The molecule has 3 rings (SSSR count). The maximum Gasteiger partial charge on any atom is 0.203 e. The first-order chi connectivity index (χ1) is 10.7. The third-order valence-electron chi connectivity index (χ3n) is 3.10. The zero-order valence-corrected chi connectivity index (χ0v) is 13.5. The molecule has 0 spiro atoms. The van der Waals surface area contributed by atoms with Crippen molar-refractivity contribution in [1.29, 1.82) is 0 Å². The molecule has 110 valence electrons.